The van der Waals surface area contributed by atoms with Gasteiger partial charge in [-0.05, 0) is 120 Å². The van der Waals surface area contributed by atoms with Crippen LogP contribution in [0.25, 0.3) is 0 Å². The molecule has 0 aliphatic carbocycles. The van der Waals surface area contributed by atoms with Gasteiger partial charge in [-0.25, -0.2) is 32.1 Å². The molecule has 414 valence electrons. The number of hydrogen-bond acceptors (Lipinski definition) is 22. The third-order valence-corrected chi connectivity index (χ3v) is 12.8. The normalized spacial score (nSPS) is 13.0. The topological polar surface area (TPSA) is 336 Å². The second-order valence-electron chi connectivity index (χ2n) is 15.0. The van der Waals surface area contributed by atoms with Gasteiger partial charge in [0, 0.05) is 37.2 Å². The summed E-state index contributed by atoms with van der Waals surface area (Å²) in [5, 5.41) is 56.3. The Labute approximate surface area is 492 Å². The van der Waals surface area contributed by atoms with E-state index in [2.05, 4.69) is 156 Å². The van der Waals surface area contributed by atoms with E-state index in [1.54, 1.807) is 27.7 Å². The molecule has 3 aromatic carbocycles. The molecule has 0 radical (unpaired) electrons. The fourth-order valence-corrected chi connectivity index (χ4v) is 9.65. The van der Waals surface area contributed by atoms with Crippen LogP contribution in [0.4, 0.5) is 0 Å². The Balaban J connectivity index is 0.000000502. The van der Waals surface area contributed by atoms with Crippen molar-refractivity contribution in [3.8, 4) is 0 Å². The average molecular weight is 1220 g/mol. The molecule has 0 bridgehead atoms. The summed E-state index contributed by atoms with van der Waals surface area (Å²) in [7, 11) is -5.82. The predicted molar refractivity (Wildman–Crippen MR) is 280 cm³/mol. The Bertz CT molecular complexity index is 2830. The van der Waals surface area contributed by atoms with Gasteiger partial charge in [0.25, 0.3) is 0 Å². The van der Waals surface area contributed by atoms with Crippen molar-refractivity contribution in [2.75, 3.05) is 26.4 Å². The van der Waals surface area contributed by atoms with Crippen LogP contribution in [-0.4, -0.2) is 104 Å². The first kappa shape index (κ1) is 69.8. The summed E-state index contributed by atoms with van der Waals surface area (Å²) in [5.41, 5.74) is -0.851. The molecule has 0 atom stereocenters. The van der Waals surface area contributed by atoms with Gasteiger partial charge in [-0.15, -0.1) is 20.4 Å². The van der Waals surface area contributed by atoms with Crippen molar-refractivity contribution in [1.82, 2.24) is 29.3 Å². The van der Waals surface area contributed by atoms with Gasteiger partial charge < -0.3 is 43.3 Å². The summed E-state index contributed by atoms with van der Waals surface area (Å²) in [4.78, 5) is 41.4. The minimum Gasteiger partial charge on any atom is -0.743 e. The molecule has 0 saturated carbocycles. The van der Waals surface area contributed by atoms with Crippen LogP contribution in [0.2, 0.25) is 0 Å². The number of Topliss-reactive ketones (excluding diaryl/α,β-unsaturated/α-hetero) is 2. The van der Waals surface area contributed by atoms with Gasteiger partial charge in [0.15, 0.2) is 10.1 Å². The Morgan fingerprint density at radius 3 is 1.03 bits per heavy atom. The maximum atomic E-state index is 12.0. The number of carbonyl (C=O) groups is 4. The van der Waals surface area contributed by atoms with Crippen LogP contribution >= 0.6 is 7.92 Å². The Hall–Kier alpha value is -7.25. The largest absolute Gasteiger partial charge is 2.00 e. The molecule has 2 aliphatic heterocycles. The van der Waals surface area contributed by atoms with Crippen LogP contribution in [-0.2, 0) is 72.8 Å². The molecule has 25 nitrogen and oxygen atoms in total. The number of esters is 2. The van der Waals surface area contributed by atoms with Gasteiger partial charge in [0.2, 0.25) is 11.4 Å². The molecule has 0 N–H and O–H groups in total. The molecule has 0 fully saturated rings. The number of hydrogen-bond donors (Lipinski definition) is 0. The quantitative estimate of drug-likeness (QED) is 0.0450. The van der Waals surface area contributed by atoms with Crippen LogP contribution in [0.15, 0.2) is 201 Å². The molecule has 79 heavy (non-hydrogen) atoms. The van der Waals surface area contributed by atoms with E-state index in [9.17, 15) is 42.4 Å². The van der Waals surface area contributed by atoms with Crippen LogP contribution in [0.5, 0.6) is 0 Å². The first-order valence-corrected chi connectivity index (χ1v) is 26.1. The van der Waals surface area contributed by atoms with Crippen LogP contribution in [0.3, 0.4) is 0 Å². The molecule has 3 aromatic heterocycles. The SMILES string of the molecule is CC(C)=O.CC(C)=O.CCOC(=O)C1=NN=N/C1=C(/[O-])OCC.CCOC(=O)C1=NN=N/C1=C(\[O-])OCC.O=S(=O)([O-])C(n1cccn1)(n1cccn1)n1cccn1.[Na+].[Ru+2].c1ccc([PH+](c2ccccc2)c2ccccc2)cc1. The zero-order chi connectivity index (χ0) is 56.8. The van der Waals surface area contributed by atoms with Crippen LogP contribution in [0.1, 0.15) is 55.4 Å². The summed E-state index contributed by atoms with van der Waals surface area (Å²) in [6, 6.07) is 37.0. The fourth-order valence-electron chi connectivity index (χ4n) is 6.06. The fraction of sp³-hybridized carbons (Fsp3) is 0.260. The van der Waals surface area contributed by atoms with Crippen LogP contribution in [0, 0.1) is 0 Å². The number of benzene rings is 3. The second-order valence-corrected chi connectivity index (χ2v) is 19.0. The van der Waals surface area contributed by atoms with Crippen molar-refractivity contribution in [3.63, 3.8) is 0 Å². The monoisotopic (exact) mass is 1220 g/mol. The van der Waals surface area contributed by atoms with Crippen molar-refractivity contribution in [2.24, 2.45) is 30.9 Å². The Kier molecular flexibility index (Phi) is 32.5. The van der Waals surface area contributed by atoms with E-state index in [1.165, 1.54) is 99.0 Å². The number of aromatic nitrogens is 6. The number of ketones is 2. The third kappa shape index (κ3) is 21.5. The van der Waals surface area contributed by atoms with Gasteiger partial charge in [-0.3, -0.25) is 0 Å². The number of ether oxygens (including phenoxy) is 4. The summed E-state index contributed by atoms with van der Waals surface area (Å²) in [6.45, 7) is 13.4. The van der Waals surface area contributed by atoms with Crippen LogP contribution < -0.4 is 55.7 Å². The van der Waals surface area contributed by atoms with E-state index in [4.69, 9.17) is 0 Å². The van der Waals surface area contributed by atoms with E-state index < -0.39 is 47.0 Å². The first-order valence-electron chi connectivity index (χ1n) is 23.2. The van der Waals surface area contributed by atoms with Crippen molar-refractivity contribution in [3.05, 3.63) is 170 Å². The summed E-state index contributed by atoms with van der Waals surface area (Å²) >= 11 is 0. The molecule has 2 aliphatic rings. The maximum absolute atomic E-state index is 12.0. The molecule has 0 spiro atoms. The molecule has 0 saturated heterocycles. The predicted octanol–water partition coefficient (Wildman–Crippen LogP) is 0.729. The first-order chi connectivity index (χ1) is 36.9. The minimum absolute atomic E-state index is 0. The summed E-state index contributed by atoms with van der Waals surface area (Å²) in [5.74, 6) is -2.59. The van der Waals surface area contributed by atoms with Gasteiger partial charge >= 0.3 is 66.1 Å². The summed E-state index contributed by atoms with van der Waals surface area (Å²) in [6.07, 6.45) is 8.18. The standard InChI is InChI=1S/C18H15P.C10H10N6O3S.2C8H11N3O4.2C3H6O.Na.Ru/c1-4-10-16(11-5-1)19(17-12-6-2-7-13-17)18-14-8-3-9-15-18;17-20(18,19)10(14-7-1-4-11-14,15-8-2-5-12-15)16-9-3-6-13-16;2*1-3-14-7(12)5-6(10-11-9-5)8(13)15-4-2;2*1-3(2)4;;/h1-15H;1-9H,(H,17,18,19);2*12H,3-4H2,1-2H3;2*1-2H3;;/q;;;;;;+1;+2/p-2/b;;7-5+;7-5-;;;;. The Morgan fingerprint density at radius 2 is 0.797 bits per heavy atom. The summed E-state index contributed by atoms with van der Waals surface area (Å²) < 4.78 is 57.7. The zero-order valence-corrected chi connectivity index (χ0v) is 50.2. The zero-order valence-electron chi connectivity index (χ0n) is 44.6. The van der Waals surface area contributed by atoms with Crippen molar-refractivity contribution in [1.29, 1.82) is 0 Å². The number of carbonyl (C=O) groups excluding carboxylic acids is 4. The van der Waals surface area contributed by atoms with E-state index >= 15 is 0 Å². The van der Waals surface area contributed by atoms with Gasteiger partial charge in [0.1, 0.15) is 38.9 Å². The van der Waals surface area contributed by atoms with E-state index in [0.717, 1.165) is 14.0 Å². The van der Waals surface area contributed by atoms with Crippen molar-refractivity contribution >= 4 is 68.9 Å². The van der Waals surface area contributed by atoms with Crippen molar-refractivity contribution in [2.45, 2.75) is 60.5 Å². The molecule has 5 heterocycles. The van der Waals surface area contributed by atoms with Gasteiger partial charge in [0.05, 0.1) is 33.0 Å². The molecular weight excluding hydrogens is 1160 g/mol. The van der Waals surface area contributed by atoms with E-state index in [0.29, 0.717) is 0 Å². The molecule has 0 amide bonds. The average Bonchev–Trinajstić information content (AvgIpc) is 4.39. The van der Waals surface area contributed by atoms with E-state index in [-0.39, 0.29) is 110 Å². The smallest absolute Gasteiger partial charge is 0.743 e. The van der Waals surface area contributed by atoms with E-state index in [1.807, 2.05) is 0 Å². The molecule has 6 aromatic rings. The molecule has 8 rings (SSSR count). The third-order valence-electron chi connectivity index (χ3n) is 8.83. The molecular formula is C50H57N12NaO13PRuS+. The van der Waals surface area contributed by atoms with Crippen molar-refractivity contribution < 1.29 is 110 Å². The molecule has 29 heteroatoms. The van der Waals surface area contributed by atoms with Gasteiger partial charge in [-0.2, -0.15) is 15.3 Å². The molecule has 0 unspecified atom stereocenters. The second kappa shape index (κ2) is 36.8. The number of nitrogens with zero attached hydrogens (tertiary/aromatic N) is 12. The Morgan fingerprint density at radius 1 is 0.519 bits per heavy atom. The minimum atomic E-state index is -4.94. The number of rotatable bonds is 15. The maximum Gasteiger partial charge on any atom is 2.00 e. The van der Waals surface area contributed by atoms with Gasteiger partial charge in [-0.1, -0.05) is 68.4 Å².